The molecule has 2 atom stereocenters. The van der Waals surface area contributed by atoms with E-state index in [2.05, 4.69) is 36.2 Å². The summed E-state index contributed by atoms with van der Waals surface area (Å²) in [6, 6.07) is 8.09. The summed E-state index contributed by atoms with van der Waals surface area (Å²) in [6.07, 6.45) is 1.30. The van der Waals surface area contributed by atoms with Gasteiger partial charge in [-0.3, -0.25) is 0 Å². The summed E-state index contributed by atoms with van der Waals surface area (Å²) in [5.74, 6) is 2.33. The molecule has 0 spiro atoms. The molecule has 3 nitrogen and oxygen atoms in total. The highest BCUT2D eigenvalue weighted by molar-refractivity contribution is 7.80. The van der Waals surface area contributed by atoms with E-state index < -0.39 is 0 Å². The number of thiocarbonyl (C=S) groups is 1. The number of nitrogens with one attached hydrogen (secondary N) is 1. The second kappa shape index (κ2) is 6.93. The first-order valence-corrected chi connectivity index (χ1v) is 7.65. The first-order chi connectivity index (χ1) is 9.58. The normalized spacial score (nSPS) is 22.4. The van der Waals surface area contributed by atoms with E-state index in [1.165, 1.54) is 12.0 Å². The minimum absolute atomic E-state index is 0.722. The monoisotopic (exact) mass is 292 g/mol. The van der Waals surface area contributed by atoms with Crippen molar-refractivity contribution in [3.8, 4) is 5.75 Å². The van der Waals surface area contributed by atoms with Gasteiger partial charge in [0.1, 0.15) is 5.75 Å². The zero-order valence-electron chi connectivity index (χ0n) is 12.6. The van der Waals surface area contributed by atoms with Crippen LogP contribution in [0.2, 0.25) is 0 Å². The van der Waals surface area contributed by atoms with Crippen LogP contribution >= 0.6 is 12.2 Å². The molecule has 0 aliphatic carbocycles. The van der Waals surface area contributed by atoms with E-state index in [1.54, 1.807) is 7.11 Å². The van der Waals surface area contributed by atoms with Crippen molar-refractivity contribution in [2.24, 2.45) is 11.8 Å². The molecule has 0 saturated carbocycles. The van der Waals surface area contributed by atoms with Crippen LogP contribution in [0.3, 0.4) is 0 Å². The van der Waals surface area contributed by atoms with E-state index in [4.69, 9.17) is 17.0 Å². The van der Waals surface area contributed by atoms with Gasteiger partial charge in [0.15, 0.2) is 5.11 Å². The highest BCUT2D eigenvalue weighted by Crippen LogP contribution is 2.21. The van der Waals surface area contributed by atoms with Crippen LogP contribution in [0.15, 0.2) is 24.3 Å². The maximum Gasteiger partial charge on any atom is 0.169 e. The Morgan fingerprint density at radius 1 is 1.25 bits per heavy atom. The molecule has 1 aromatic carbocycles. The second-order valence-corrected chi connectivity index (χ2v) is 6.24. The van der Waals surface area contributed by atoms with Crippen molar-refractivity contribution in [1.82, 2.24) is 10.2 Å². The van der Waals surface area contributed by atoms with E-state index in [0.717, 1.165) is 42.3 Å². The van der Waals surface area contributed by atoms with Crippen molar-refractivity contribution in [2.75, 3.05) is 20.2 Å². The molecule has 110 valence electrons. The smallest absolute Gasteiger partial charge is 0.169 e. The lowest BCUT2D eigenvalue weighted by Gasteiger charge is -2.36. The molecule has 0 unspecified atom stereocenters. The molecule has 1 aliphatic rings. The molecule has 20 heavy (non-hydrogen) atoms. The maximum atomic E-state index is 5.52. The summed E-state index contributed by atoms with van der Waals surface area (Å²) in [5.41, 5.74) is 1.21. The number of methoxy groups -OCH3 is 1. The number of likely N-dealkylation sites (tertiary alicyclic amines) is 1. The van der Waals surface area contributed by atoms with E-state index in [0.29, 0.717) is 0 Å². The summed E-state index contributed by atoms with van der Waals surface area (Å²) in [7, 11) is 1.68. The second-order valence-electron chi connectivity index (χ2n) is 5.86. The largest absolute Gasteiger partial charge is 0.497 e. The van der Waals surface area contributed by atoms with Gasteiger partial charge in [0.2, 0.25) is 0 Å². The zero-order chi connectivity index (χ0) is 14.5. The van der Waals surface area contributed by atoms with Crippen molar-refractivity contribution in [3.63, 3.8) is 0 Å². The average molecular weight is 292 g/mol. The predicted octanol–water partition coefficient (Wildman–Crippen LogP) is 3.05. The molecule has 2 rings (SSSR count). The third-order valence-electron chi connectivity index (χ3n) is 3.76. The van der Waals surface area contributed by atoms with Crippen LogP contribution in [0, 0.1) is 11.8 Å². The van der Waals surface area contributed by atoms with Crippen LogP contribution in [0.4, 0.5) is 0 Å². The van der Waals surface area contributed by atoms with Crippen LogP contribution < -0.4 is 10.1 Å². The quantitative estimate of drug-likeness (QED) is 0.866. The molecule has 0 radical (unpaired) electrons. The Kier molecular flexibility index (Phi) is 5.24. The maximum absolute atomic E-state index is 5.52. The molecule has 0 amide bonds. The Morgan fingerprint density at radius 3 is 2.40 bits per heavy atom. The van der Waals surface area contributed by atoms with Crippen molar-refractivity contribution in [1.29, 1.82) is 0 Å². The van der Waals surface area contributed by atoms with Crippen molar-refractivity contribution in [2.45, 2.75) is 26.8 Å². The van der Waals surface area contributed by atoms with Crippen molar-refractivity contribution in [3.05, 3.63) is 29.8 Å². The molecular weight excluding hydrogens is 268 g/mol. The van der Waals surface area contributed by atoms with Crippen LogP contribution in [-0.4, -0.2) is 30.2 Å². The standard InChI is InChI=1S/C16H24N2OS/c1-12-8-13(2)11-18(10-12)16(20)17-9-14-4-6-15(19-3)7-5-14/h4-7,12-13H,8-11H2,1-3H3,(H,17,20)/t12-,13-/m1/s1. The van der Waals surface area contributed by atoms with Gasteiger partial charge in [0.25, 0.3) is 0 Å². The SMILES string of the molecule is COc1ccc(CNC(=S)N2C[C@H](C)C[C@@H](C)C2)cc1. The fraction of sp³-hybridized carbons (Fsp3) is 0.562. The topological polar surface area (TPSA) is 24.5 Å². The van der Waals surface area contributed by atoms with E-state index in [1.807, 2.05) is 12.1 Å². The summed E-state index contributed by atoms with van der Waals surface area (Å²) >= 11 is 5.52. The van der Waals surface area contributed by atoms with Crippen LogP contribution in [-0.2, 0) is 6.54 Å². The van der Waals surface area contributed by atoms with Gasteiger partial charge in [0.05, 0.1) is 7.11 Å². The Balaban J connectivity index is 1.84. The van der Waals surface area contributed by atoms with Gasteiger partial charge in [-0.15, -0.1) is 0 Å². The molecule has 1 heterocycles. The van der Waals surface area contributed by atoms with Gasteiger partial charge in [-0.1, -0.05) is 26.0 Å². The van der Waals surface area contributed by atoms with Crippen LogP contribution in [0.1, 0.15) is 25.8 Å². The molecule has 1 saturated heterocycles. The molecule has 4 heteroatoms. The fourth-order valence-electron chi connectivity index (χ4n) is 2.86. The molecular formula is C16H24N2OS. The van der Waals surface area contributed by atoms with Gasteiger partial charge < -0.3 is 15.0 Å². The minimum Gasteiger partial charge on any atom is -0.497 e. The number of hydrogen-bond acceptors (Lipinski definition) is 2. The number of benzene rings is 1. The summed E-state index contributed by atoms with van der Waals surface area (Å²) in [6.45, 7) is 7.50. The third kappa shape index (κ3) is 4.10. The van der Waals surface area contributed by atoms with E-state index in [9.17, 15) is 0 Å². The Hall–Kier alpha value is -1.29. The number of nitrogens with zero attached hydrogens (tertiary/aromatic N) is 1. The van der Waals surface area contributed by atoms with Gasteiger partial charge >= 0.3 is 0 Å². The lowest BCUT2D eigenvalue weighted by molar-refractivity contribution is 0.212. The minimum atomic E-state index is 0.722. The summed E-state index contributed by atoms with van der Waals surface area (Å²) < 4.78 is 5.16. The molecule has 1 aliphatic heterocycles. The molecule has 0 aromatic heterocycles. The first-order valence-electron chi connectivity index (χ1n) is 7.24. The number of rotatable bonds is 3. The van der Waals surface area contributed by atoms with Gasteiger partial charge in [-0.2, -0.15) is 0 Å². The zero-order valence-corrected chi connectivity index (χ0v) is 13.4. The summed E-state index contributed by atoms with van der Waals surface area (Å²) in [4.78, 5) is 2.30. The molecule has 1 N–H and O–H groups in total. The number of piperidine rings is 1. The Labute approximate surface area is 127 Å². The Morgan fingerprint density at radius 2 is 1.85 bits per heavy atom. The predicted molar refractivity (Wildman–Crippen MR) is 86.9 cm³/mol. The van der Waals surface area contributed by atoms with E-state index >= 15 is 0 Å². The first kappa shape index (κ1) is 15.1. The third-order valence-corrected chi connectivity index (χ3v) is 4.16. The lowest BCUT2D eigenvalue weighted by atomic mass is 9.92. The number of hydrogen-bond donors (Lipinski definition) is 1. The van der Waals surface area contributed by atoms with Crippen molar-refractivity contribution >= 4 is 17.3 Å². The lowest BCUT2D eigenvalue weighted by Crippen LogP contribution is -2.47. The Bertz CT molecular complexity index is 436. The molecule has 1 fully saturated rings. The van der Waals surface area contributed by atoms with Gasteiger partial charge in [-0.05, 0) is 48.2 Å². The highest BCUT2D eigenvalue weighted by Gasteiger charge is 2.23. The van der Waals surface area contributed by atoms with Gasteiger partial charge in [-0.25, -0.2) is 0 Å². The van der Waals surface area contributed by atoms with Gasteiger partial charge in [0, 0.05) is 19.6 Å². The van der Waals surface area contributed by atoms with Crippen LogP contribution in [0.25, 0.3) is 0 Å². The average Bonchev–Trinajstić information content (AvgIpc) is 2.44. The molecule has 0 bridgehead atoms. The highest BCUT2D eigenvalue weighted by atomic mass is 32.1. The summed E-state index contributed by atoms with van der Waals surface area (Å²) in [5, 5.41) is 4.24. The van der Waals surface area contributed by atoms with E-state index in [-0.39, 0.29) is 0 Å². The molecule has 1 aromatic rings. The van der Waals surface area contributed by atoms with Crippen LogP contribution in [0.5, 0.6) is 5.75 Å². The number of ether oxygens (including phenoxy) is 1. The fourth-order valence-corrected chi connectivity index (χ4v) is 3.08. The van der Waals surface area contributed by atoms with Crippen molar-refractivity contribution < 1.29 is 4.74 Å².